The number of benzene rings is 2. The predicted octanol–water partition coefficient (Wildman–Crippen LogP) is 3.49. The summed E-state index contributed by atoms with van der Waals surface area (Å²) in [6, 6.07) is 14.5. The molecule has 32 heavy (non-hydrogen) atoms. The van der Waals surface area contributed by atoms with E-state index in [1.165, 1.54) is 6.08 Å². The summed E-state index contributed by atoms with van der Waals surface area (Å²) in [6.45, 7) is 5.28. The van der Waals surface area contributed by atoms with E-state index in [0.29, 0.717) is 11.4 Å². The molecule has 0 aliphatic carbocycles. The molecule has 0 spiro atoms. The minimum Gasteiger partial charge on any atom is -0.497 e. The first kappa shape index (κ1) is 24.5. The van der Waals surface area contributed by atoms with Crippen molar-refractivity contribution < 1.29 is 23.9 Å². The average Bonchev–Trinajstić information content (AvgIpc) is 2.74. The number of ether oxygens (including phenoxy) is 2. The Labute approximate surface area is 188 Å². The Hall–Kier alpha value is -3.81. The summed E-state index contributed by atoms with van der Waals surface area (Å²) in [4.78, 5) is 35.8. The van der Waals surface area contributed by atoms with Crippen LogP contribution in [0.2, 0.25) is 0 Å². The van der Waals surface area contributed by atoms with Crippen molar-refractivity contribution in [1.82, 2.24) is 10.6 Å². The molecule has 2 aromatic rings. The maximum Gasteiger partial charge on any atom is 0.408 e. The van der Waals surface area contributed by atoms with Crippen molar-refractivity contribution >= 4 is 29.7 Å². The van der Waals surface area contributed by atoms with E-state index in [1.807, 2.05) is 30.3 Å². The summed E-state index contributed by atoms with van der Waals surface area (Å²) < 4.78 is 10.2. The minimum atomic E-state index is -0.653. The number of anilines is 1. The molecule has 0 heterocycles. The lowest BCUT2D eigenvalue weighted by Gasteiger charge is -2.19. The van der Waals surface area contributed by atoms with Crippen LogP contribution in [0.15, 0.2) is 54.6 Å². The number of carbonyl (C=O) groups excluding carboxylic acids is 3. The second kappa shape index (κ2) is 11.5. The molecule has 3 N–H and O–H groups in total. The van der Waals surface area contributed by atoms with E-state index in [9.17, 15) is 14.4 Å². The van der Waals surface area contributed by atoms with Crippen LogP contribution in [0.5, 0.6) is 5.75 Å². The topological polar surface area (TPSA) is 106 Å². The third kappa shape index (κ3) is 9.34. The van der Waals surface area contributed by atoms with Gasteiger partial charge in [0.15, 0.2) is 0 Å². The first-order valence-corrected chi connectivity index (χ1v) is 10.1. The number of hydrogen-bond acceptors (Lipinski definition) is 5. The van der Waals surface area contributed by atoms with Crippen LogP contribution in [0.1, 0.15) is 31.9 Å². The van der Waals surface area contributed by atoms with Gasteiger partial charge in [-0.1, -0.05) is 24.3 Å². The number of rotatable bonds is 8. The fourth-order valence-corrected chi connectivity index (χ4v) is 2.59. The van der Waals surface area contributed by atoms with Crippen LogP contribution in [-0.2, 0) is 20.9 Å². The normalized spacial score (nSPS) is 11.0. The summed E-state index contributed by atoms with van der Waals surface area (Å²) in [6.07, 6.45) is 2.48. The Morgan fingerprint density at radius 1 is 1.00 bits per heavy atom. The zero-order valence-corrected chi connectivity index (χ0v) is 18.7. The van der Waals surface area contributed by atoms with E-state index in [-0.39, 0.29) is 24.9 Å². The highest BCUT2D eigenvalue weighted by atomic mass is 16.6. The lowest BCUT2D eigenvalue weighted by molar-refractivity contribution is -0.120. The molecule has 0 aliphatic heterocycles. The number of alkyl carbamates (subject to hydrolysis) is 1. The third-order valence-corrected chi connectivity index (χ3v) is 4.00. The molecular weight excluding hydrogens is 410 g/mol. The number of nitrogens with one attached hydrogen (secondary N) is 3. The molecule has 0 bridgehead atoms. The molecule has 0 radical (unpaired) electrons. The summed E-state index contributed by atoms with van der Waals surface area (Å²) in [5.41, 5.74) is 1.61. The van der Waals surface area contributed by atoms with E-state index in [4.69, 9.17) is 9.47 Å². The molecule has 0 aliphatic rings. The maximum absolute atomic E-state index is 12.2. The van der Waals surface area contributed by atoms with Crippen LogP contribution < -0.4 is 20.7 Å². The van der Waals surface area contributed by atoms with Crippen LogP contribution in [-0.4, -0.2) is 37.2 Å². The molecule has 0 atom stereocenters. The highest BCUT2D eigenvalue weighted by Crippen LogP contribution is 2.14. The Morgan fingerprint density at radius 3 is 2.47 bits per heavy atom. The zero-order valence-electron chi connectivity index (χ0n) is 18.7. The largest absolute Gasteiger partial charge is 0.497 e. The Morgan fingerprint density at radius 2 is 1.75 bits per heavy atom. The summed E-state index contributed by atoms with van der Waals surface area (Å²) >= 11 is 0. The zero-order chi connectivity index (χ0) is 23.6. The highest BCUT2D eigenvalue weighted by molar-refractivity contribution is 6.02. The quantitative estimate of drug-likeness (QED) is 0.546. The third-order valence-electron chi connectivity index (χ3n) is 4.00. The van der Waals surface area contributed by atoms with Crippen molar-refractivity contribution in [1.29, 1.82) is 0 Å². The molecular formula is C24H29N3O5. The van der Waals surface area contributed by atoms with Gasteiger partial charge in [-0.2, -0.15) is 0 Å². The summed E-state index contributed by atoms with van der Waals surface area (Å²) in [5, 5.41) is 7.90. The van der Waals surface area contributed by atoms with Gasteiger partial charge < -0.3 is 25.4 Å². The number of amides is 3. The van der Waals surface area contributed by atoms with Crippen molar-refractivity contribution in [3.05, 3.63) is 65.7 Å². The predicted molar refractivity (Wildman–Crippen MR) is 123 cm³/mol. The van der Waals surface area contributed by atoms with E-state index in [2.05, 4.69) is 16.0 Å². The molecule has 0 saturated carbocycles. The molecule has 8 heteroatoms. The minimum absolute atomic E-state index is 0.194. The molecule has 0 unspecified atom stereocenters. The lowest BCUT2D eigenvalue weighted by Crippen LogP contribution is -2.39. The number of methoxy groups -OCH3 is 1. The van der Waals surface area contributed by atoms with Gasteiger partial charge in [0, 0.05) is 18.3 Å². The monoisotopic (exact) mass is 439 g/mol. The fourth-order valence-electron chi connectivity index (χ4n) is 2.59. The smallest absolute Gasteiger partial charge is 0.408 e. The molecule has 170 valence electrons. The van der Waals surface area contributed by atoms with E-state index in [1.54, 1.807) is 52.2 Å². The summed E-state index contributed by atoms with van der Waals surface area (Å²) in [7, 11) is 1.59. The van der Waals surface area contributed by atoms with Gasteiger partial charge in [-0.05, 0) is 62.2 Å². The second-order valence-electron chi connectivity index (χ2n) is 7.93. The Kier molecular flexibility index (Phi) is 8.83. The van der Waals surface area contributed by atoms with E-state index >= 15 is 0 Å². The maximum atomic E-state index is 12.2. The van der Waals surface area contributed by atoms with E-state index in [0.717, 1.165) is 11.1 Å². The van der Waals surface area contributed by atoms with Gasteiger partial charge in [-0.25, -0.2) is 4.79 Å². The van der Waals surface area contributed by atoms with Crippen LogP contribution in [0.3, 0.4) is 0 Å². The standard InChI is InChI=1S/C24H29N3O5/c1-24(2,3)32-23(30)26-16-22(29)25-15-18-8-5-9-19(13-18)27-21(28)12-11-17-7-6-10-20(14-17)31-4/h5-14H,15-16H2,1-4H3,(H,25,29)(H,26,30)(H,27,28)/b12-11+. The van der Waals surface area contributed by atoms with Gasteiger partial charge in [-0.15, -0.1) is 0 Å². The Bertz CT molecular complexity index is 980. The fraction of sp³-hybridized carbons (Fsp3) is 0.292. The number of carbonyl (C=O) groups is 3. The van der Waals surface area contributed by atoms with Gasteiger partial charge in [0.05, 0.1) is 7.11 Å². The first-order valence-electron chi connectivity index (χ1n) is 10.1. The Balaban J connectivity index is 1.82. The van der Waals surface area contributed by atoms with Crippen molar-refractivity contribution in [2.24, 2.45) is 0 Å². The van der Waals surface area contributed by atoms with Gasteiger partial charge in [-0.3, -0.25) is 9.59 Å². The number of hydrogen-bond donors (Lipinski definition) is 3. The van der Waals surface area contributed by atoms with Crippen LogP contribution in [0, 0.1) is 0 Å². The SMILES string of the molecule is COc1cccc(/C=C/C(=O)Nc2cccc(CNC(=O)CNC(=O)OC(C)(C)C)c2)c1. The second-order valence-corrected chi connectivity index (χ2v) is 7.93. The molecule has 0 aromatic heterocycles. The molecule has 0 fully saturated rings. The van der Waals surface area contributed by atoms with Crippen LogP contribution in [0.25, 0.3) is 6.08 Å². The van der Waals surface area contributed by atoms with Gasteiger partial charge in [0.25, 0.3) is 0 Å². The van der Waals surface area contributed by atoms with Gasteiger partial charge in [0.1, 0.15) is 17.9 Å². The molecule has 2 rings (SSSR count). The van der Waals surface area contributed by atoms with Crippen molar-refractivity contribution in [2.45, 2.75) is 32.9 Å². The van der Waals surface area contributed by atoms with Crippen molar-refractivity contribution in [3.63, 3.8) is 0 Å². The van der Waals surface area contributed by atoms with Crippen molar-refractivity contribution in [3.8, 4) is 5.75 Å². The van der Waals surface area contributed by atoms with Gasteiger partial charge in [0.2, 0.25) is 11.8 Å². The first-order chi connectivity index (χ1) is 15.1. The highest BCUT2D eigenvalue weighted by Gasteiger charge is 2.16. The molecule has 0 saturated heterocycles. The van der Waals surface area contributed by atoms with Crippen LogP contribution >= 0.6 is 0 Å². The van der Waals surface area contributed by atoms with Gasteiger partial charge >= 0.3 is 6.09 Å². The van der Waals surface area contributed by atoms with E-state index < -0.39 is 11.7 Å². The van der Waals surface area contributed by atoms with Crippen LogP contribution in [0.4, 0.5) is 10.5 Å². The average molecular weight is 440 g/mol. The molecule has 3 amide bonds. The van der Waals surface area contributed by atoms with Crippen molar-refractivity contribution in [2.75, 3.05) is 19.0 Å². The molecule has 8 nitrogen and oxygen atoms in total. The lowest BCUT2D eigenvalue weighted by atomic mass is 10.2. The molecule has 2 aromatic carbocycles. The summed E-state index contributed by atoms with van der Waals surface area (Å²) in [5.74, 6) is 0.0747.